The van der Waals surface area contributed by atoms with Gasteiger partial charge in [-0.1, -0.05) is 38.1 Å². The molecule has 0 aliphatic carbocycles. The molecule has 2 rings (SSSR count). The predicted molar refractivity (Wildman–Crippen MR) is 92.3 cm³/mol. The fourth-order valence-corrected chi connectivity index (χ4v) is 2.62. The van der Waals surface area contributed by atoms with Gasteiger partial charge >= 0.3 is 0 Å². The van der Waals surface area contributed by atoms with Crippen molar-refractivity contribution in [3.8, 4) is 0 Å². The number of benzene rings is 1. The van der Waals surface area contributed by atoms with Crippen molar-refractivity contribution in [3.63, 3.8) is 0 Å². The molecule has 1 aromatic carbocycles. The molecule has 2 aromatic rings. The van der Waals surface area contributed by atoms with E-state index in [2.05, 4.69) is 69.2 Å². The Morgan fingerprint density at radius 3 is 2.57 bits per heavy atom. The van der Waals surface area contributed by atoms with E-state index in [0.717, 1.165) is 36.3 Å². The van der Waals surface area contributed by atoms with E-state index in [-0.39, 0.29) is 0 Å². The van der Waals surface area contributed by atoms with Crippen molar-refractivity contribution in [2.75, 3.05) is 18.4 Å². The van der Waals surface area contributed by atoms with Crippen LogP contribution in [0.5, 0.6) is 0 Å². The highest BCUT2D eigenvalue weighted by atomic mass is 79.9. The minimum absolute atomic E-state index is 0.810. The lowest BCUT2D eigenvalue weighted by Gasteiger charge is -2.18. The summed E-state index contributed by atoms with van der Waals surface area (Å²) in [5.74, 6) is 0. The van der Waals surface area contributed by atoms with Crippen molar-refractivity contribution >= 4 is 21.6 Å². The molecule has 0 bridgehead atoms. The third-order valence-corrected chi connectivity index (χ3v) is 3.93. The number of nitrogens with one attached hydrogen (secondary N) is 1. The molecule has 4 heteroatoms. The fourth-order valence-electron chi connectivity index (χ4n) is 2.26. The summed E-state index contributed by atoms with van der Waals surface area (Å²) in [6, 6.07) is 10.8. The summed E-state index contributed by atoms with van der Waals surface area (Å²) in [6.45, 7) is 8.40. The van der Waals surface area contributed by atoms with Crippen LogP contribution in [-0.2, 0) is 13.1 Å². The summed E-state index contributed by atoms with van der Waals surface area (Å²) < 4.78 is 0.989. The summed E-state index contributed by atoms with van der Waals surface area (Å²) in [5, 5.41) is 3.40. The molecule has 0 amide bonds. The molecule has 0 fully saturated rings. The van der Waals surface area contributed by atoms with Crippen LogP contribution in [0.3, 0.4) is 0 Å². The molecule has 3 nitrogen and oxygen atoms in total. The number of halogens is 1. The van der Waals surface area contributed by atoms with Crippen LogP contribution in [0.4, 0.5) is 5.69 Å². The van der Waals surface area contributed by atoms with E-state index < -0.39 is 0 Å². The maximum atomic E-state index is 4.16. The average molecular weight is 348 g/mol. The second-order valence-corrected chi connectivity index (χ2v) is 5.94. The van der Waals surface area contributed by atoms with Crippen molar-refractivity contribution in [3.05, 3.63) is 58.3 Å². The van der Waals surface area contributed by atoms with Crippen LogP contribution in [0, 0.1) is 0 Å². The van der Waals surface area contributed by atoms with Crippen LogP contribution in [-0.4, -0.2) is 23.0 Å². The van der Waals surface area contributed by atoms with E-state index in [1.807, 2.05) is 12.3 Å². The third kappa shape index (κ3) is 5.14. The molecule has 1 heterocycles. The molecule has 0 saturated carbocycles. The topological polar surface area (TPSA) is 28.2 Å². The van der Waals surface area contributed by atoms with Gasteiger partial charge in [0.25, 0.3) is 0 Å². The van der Waals surface area contributed by atoms with E-state index in [0.29, 0.717) is 0 Å². The Morgan fingerprint density at radius 2 is 1.86 bits per heavy atom. The minimum Gasteiger partial charge on any atom is -0.380 e. The van der Waals surface area contributed by atoms with Crippen molar-refractivity contribution in [2.24, 2.45) is 0 Å². The Hall–Kier alpha value is -1.39. The molecule has 0 spiro atoms. The summed E-state index contributed by atoms with van der Waals surface area (Å²) >= 11 is 3.43. The number of hydrogen-bond acceptors (Lipinski definition) is 3. The molecule has 1 aromatic heterocycles. The number of pyridine rings is 1. The Bertz CT molecular complexity index is 567. The molecule has 0 unspecified atom stereocenters. The van der Waals surface area contributed by atoms with Crippen molar-refractivity contribution in [1.29, 1.82) is 0 Å². The Kier molecular flexibility index (Phi) is 6.21. The second-order valence-electron chi connectivity index (χ2n) is 5.03. The van der Waals surface area contributed by atoms with E-state index in [4.69, 9.17) is 0 Å². The molecule has 0 saturated heterocycles. The van der Waals surface area contributed by atoms with Crippen LogP contribution in [0.15, 0.2) is 47.2 Å². The zero-order valence-corrected chi connectivity index (χ0v) is 14.2. The van der Waals surface area contributed by atoms with E-state index >= 15 is 0 Å². The molecule has 21 heavy (non-hydrogen) atoms. The van der Waals surface area contributed by atoms with Gasteiger partial charge in [0.1, 0.15) is 0 Å². The number of aromatic nitrogens is 1. The predicted octanol–water partition coefficient (Wildman–Crippen LogP) is 4.30. The molecule has 1 N–H and O–H groups in total. The number of rotatable bonds is 7. The van der Waals surface area contributed by atoms with Gasteiger partial charge in [-0.3, -0.25) is 9.88 Å². The normalized spacial score (nSPS) is 10.9. The first-order valence-corrected chi connectivity index (χ1v) is 8.15. The van der Waals surface area contributed by atoms with Gasteiger partial charge in [0, 0.05) is 23.8 Å². The molecule has 0 radical (unpaired) electrons. The van der Waals surface area contributed by atoms with E-state index in [1.54, 1.807) is 6.20 Å². The van der Waals surface area contributed by atoms with Crippen LogP contribution in [0.2, 0.25) is 0 Å². The highest BCUT2D eigenvalue weighted by Gasteiger charge is 2.02. The van der Waals surface area contributed by atoms with Crippen LogP contribution < -0.4 is 5.32 Å². The Balaban J connectivity index is 1.97. The smallest absolute Gasteiger partial charge is 0.0540 e. The monoisotopic (exact) mass is 347 g/mol. The van der Waals surface area contributed by atoms with Gasteiger partial charge in [-0.2, -0.15) is 0 Å². The van der Waals surface area contributed by atoms with Gasteiger partial charge < -0.3 is 5.32 Å². The van der Waals surface area contributed by atoms with Gasteiger partial charge in [-0.15, -0.1) is 0 Å². The lowest BCUT2D eigenvalue weighted by atomic mass is 10.1. The van der Waals surface area contributed by atoms with Crippen LogP contribution in [0.25, 0.3) is 0 Å². The highest BCUT2D eigenvalue weighted by Crippen LogP contribution is 2.15. The molecular weight excluding hydrogens is 326 g/mol. The zero-order chi connectivity index (χ0) is 15.1. The molecule has 0 aliphatic rings. The van der Waals surface area contributed by atoms with Gasteiger partial charge in [0.05, 0.1) is 11.9 Å². The van der Waals surface area contributed by atoms with Gasteiger partial charge in [0.2, 0.25) is 0 Å². The zero-order valence-electron chi connectivity index (χ0n) is 12.6. The Labute approximate surface area is 135 Å². The summed E-state index contributed by atoms with van der Waals surface area (Å²) in [6.07, 6.45) is 3.63. The van der Waals surface area contributed by atoms with E-state index in [1.165, 1.54) is 11.1 Å². The lowest BCUT2D eigenvalue weighted by Crippen LogP contribution is -2.22. The summed E-state index contributed by atoms with van der Waals surface area (Å²) in [5.41, 5.74) is 3.68. The number of nitrogens with zero attached hydrogens (tertiary/aromatic N) is 2. The van der Waals surface area contributed by atoms with Crippen LogP contribution >= 0.6 is 15.9 Å². The maximum absolute atomic E-state index is 4.16. The second kappa shape index (κ2) is 8.15. The largest absolute Gasteiger partial charge is 0.380 e. The summed E-state index contributed by atoms with van der Waals surface area (Å²) in [4.78, 5) is 6.58. The standard InChI is InChI=1S/C17H22BrN3/c1-3-21(4-2)13-15-7-5-6-14(8-15)10-20-17-9-16(18)11-19-12-17/h5-9,11-12,20H,3-4,10,13H2,1-2H3. The highest BCUT2D eigenvalue weighted by molar-refractivity contribution is 9.10. The maximum Gasteiger partial charge on any atom is 0.0540 e. The molecule has 112 valence electrons. The van der Waals surface area contributed by atoms with Gasteiger partial charge in [0.15, 0.2) is 0 Å². The number of anilines is 1. The summed E-state index contributed by atoms with van der Waals surface area (Å²) in [7, 11) is 0. The minimum atomic E-state index is 0.810. The average Bonchev–Trinajstić information content (AvgIpc) is 2.51. The van der Waals surface area contributed by atoms with Gasteiger partial charge in [-0.25, -0.2) is 0 Å². The molecule has 0 aliphatic heterocycles. The first-order chi connectivity index (χ1) is 10.2. The molecular formula is C17H22BrN3. The quantitative estimate of drug-likeness (QED) is 0.809. The van der Waals surface area contributed by atoms with Crippen LogP contribution in [0.1, 0.15) is 25.0 Å². The first-order valence-electron chi connectivity index (χ1n) is 7.36. The van der Waals surface area contributed by atoms with E-state index in [9.17, 15) is 0 Å². The molecule has 0 atom stereocenters. The SMILES string of the molecule is CCN(CC)Cc1cccc(CNc2cncc(Br)c2)c1. The lowest BCUT2D eigenvalue weighted by molar-refractivity contribution is 0.296. The van der Waals surface area contributed by atoms with Gasteiger partial charge in [-0.05, 0) is 46.2 Å². The Morgan fingerprint density at radius 1 is 1.10 bits per heavy atom. The third-order valence-electron chi connectivity index (χ3n) is 3.49. The number of hydrogen-bond donors (Lipinski definition) is 1. The fraction of sp³-hybridized carbons (Fsp3) is 0.353. The van der Waals surface area contributed by atoms with Crippen molar-refractivity contribution in [1.82, 2.24) is 9.88 Å². The first kappa shape index (κ1) is 16.0. The van der Waals surface area contributed by atoms with Crippen molar-refractivity contribution in [2.45, 2.75) is 26.9 Å². The van der Waals surface area contributed by atoms with Crippen molar-refractivity contribution < 1.29 is 0 Å².